The van der Waals surface area contributed by atoms with E-state index in [1.54, 1.807) is 0 Å². The van der Waals surface area contributed by atoms with Gasteiger partial charge in [-0.15, -0.1) is 0 Å². The predicted molar refractivity (Wildman–Crippen MR) is 114 cm³/mol. The molecule has 162 valence electrons. The SMILES string of the molecule is CN=C(NCC1(N(C)C)CCOCC1)NCC1(N2CCOCC2)CCCCC1. The molecule has 0 aromatic rings. The molecule has 0 aromatic heterocycles. The molecule has 2 saturated heterocycles. The highest BCUT2D eigenvalue weighted by molar-refractivity contribution is 5.79. The van der Waals surface area contributed by atoms with Crippen LogP contribution in [0.15, 0.2) is 4.99 Å². The first-order chi connectivity index (χ1) is 13.6. The summed E-state index contributed by atoms with van der Waals surface area (Å²) in [5.74, 6) is 0.922. The molecule has 7 nitrogen and oxygen atoms in total. The average Bonchev–Trinajstić information content (AvgIpc) is 2.75. The highest BCUT2D eigenvalue weighted by Gasteiger charge is 2.39. The average molecular weight is 396 g/mol. The number of nitrogens with zero attached hydrogens (tertiary/aromatic N) is 3. The first-order valence-corrected chi connectivity index (χ1v) is 11.1. The van der Waals surface area contributed by atoms with Gasteiger partial charge in [-0.25, -0.2) is 0 Å². The molecular weight excluding hydrogens is 354 g/mol. The van der Waals surface area contributed by atoms with Crippen LogP contribution >= 0.6 is 0 Å². The Bertz CT molecular complexity index is 493. The lowest BCUT2D eigenvalue weighted by atomic mass is 9.79. The van der Waals surface area contributed by atoms with Gasteiger partial charge in [0, 0.05) is 57.5 Å². The zero-order valence-corrected chi connectivity index (χ0v) is 18.3. The van der Waals surface area contributed by atoms with Gasteiger partial charge in [-0.2, -0.15) is 0 Å². The Balaban J connectivity index is 1.58. The molecule has 2 heterocycles. The zero-order valence-electron chi connectivity index (χ0n) is 18.3. The lowest BCUT2D eigenvalue weighted by molar-refractivity contribution is -0.0353. The van der Waals surface area contributed by atoms with Crippen molar-refractivity contribution in [2.24, 2.45) is 4.99 Å². The van der Waals surface area contributed by atoms with E-state index in [1.807, 2.05) is 7.05 Å². The fourth-order valence-electron chi connectivity index (χ4n) is 5.10. The minimum absolute atomic E-state index is 0.141. The lowest BCUT2D eigenvalue weighted by Crippen LogP contribution is -2.61. The molecule has 1 aliphatic carbocycles. The number of likely N-dealkylation sites (N-methyl/N-ethyl adjacent to an activating group) is 1. The van der Waals surface area contributed by atoms with Crippen LogP contribution in [-0.2, 0) is 9.47 Å². The molecule has 0 unspecified atom stereocenters. The third-order valence-corrected chi connectivity index (χ3v) is 7.23. The summed E-state index contributed by atoms with van der Waals surface area (Å²) in [7, 11) is 6.24. The first kappa shape index (κ1) is 21.8. The van der Waals surface area contributed by atoms with E-state index in [-0.39, 0.29) is 11.1 Å². The number of guanidine groups is 1. The minimum Gasteiger partial charge on any atom is -0.381 e. The Morgan fingerprint density at radius 1 is 0.893 bits per heavy atom. The molecule has 3 rings (SSSR count). The quantitative estimate of drug-likeness (QED) is 0.522. The molecule has 2 aliphatic heterocycles. The fraction of sp³-hybridized carbons (Fsp3) is 0.952. The van der Waals surface area contributed by atoms with E-state index in [2.05, 4.69) is 39.5 Å². The van der Waals surface area contributed by atoms with Crippen LogP contribution < -0.4 is 10.6 Å². The van der Waals surface area contributed by atoms with Crippen LogP contribution in [0.4, 0.5) is 0 Å². The molecule has 2 N–H and O–H groups in total. The number of rotatable bonds is 6. The molecule has 0 atom stereocenters. The highest BCUT2D eigenvalue weighted by Crippen LogP contribution is 2.34. The van der Waals surface area contributed by atoms with Crippen molar-refractivity contribution in [1.82, 2.24) is 20.4 Å². The molecule has 0 bridgehead atoms. The van der Waals surface area contributed by atoms with E-state index in [0.29, 0.717) is 0 Å². The monoisotopic (exact) mass is 395 g/mol. The second-order valence-electron chi connectivity index (χ2n) is 8.89. The maximum atomic E-state index is 5.61. The van der Waals surface area contributed by atoms with Crippen molar-refractivity contribution in [3.05, 3.63) is 0 Å². The Labute approximate surface area is 171 Å². The van der Waals surface area contributed by atoms with E-state index < -0.39 is 0 Å². The third kappa shape index (κ3) is 5.17. The van der Waals surface area contributed by atoms with E-state index in [0.717, 1.165) is 71.4 Å². The molecule has 1 saturated carbocycles. The van der Waals surface area contributed by atoms with E-state index in [9.17, 15) is 0 Å². The van der Waals surface area contributed by atoms with E-state index in [4.69, 9.17) is 9.47 Å². The Morgan fingerprint density at radius 2 is 1.50 bits per heavy atom. The number of nitrogens with one attached hydrogen (secondary N) is 2. The standard InChI is InChI=1S/C21H41N5O2/c1-22-19(23-17-20(25(2)3)9-13-27-14-10-20)24-18-21(7-5-4-6-8-21)26-11-15-28-16-12-26/h4-18H2,1-3H3,(H2,22,23,24). The van der Waals surface area contributed by atoms with Gasteiger partial charge in [-0.1, -0.05) is 19.3 Å². The molecular formula is C21H41N5O2. The molecule has 0 radical (unpaired) electrons. The number of ether oxygens (including phenoxy) is 2. The predicted octanol–water partition coefficient (Wildman–Crippen LogP) is 1.30. The molecule has 0 aromatic carbocycles. The van der Waals surface area contributed by atoms with E-state index >= 15 is 0 Å². The summed E-state index contributed by atoms with van der Waals surface area (Å²) in [6, 6.07) is 0. The van der Waals surface area contributed by atoms with Gasteiger partial charge < -0.3 is 25.0 Å². The van der Waals surface area contributed by atoms with Crippen molar-refractivity contribution >= 4 is 5.96 Å². The van der Waals surface area contributed by atoms with Gasteiger partial charge in [-0.05, 0) is 39.8 Å². The maximum Gasteiger partial charge on any atom is 0.191 e. The van der Waals surface area contributed by atoms with Crippen LogP contribution in [0.3, 0.4) is 0 Å². The fourth-order valence-corrected chi connectivity index (χ4v) is 5.10. The van der Waals surface area contributed by atoms with Crippen LogP contribution in [0.5, 0.6) is 0 Å². The van der Waals surface area contributed by atoms with Gasteiger partial charge in [-0.3, -0.25) is 9.89 Å². The summed E-state index contributed by atoms with van der Waals surface area (Å²) in [5.41, 5.74) is 0.389. The first-order valence-electron chi connectivity index (χ1n) is 11.1. The summed E-state index contributed by atoms with van der Waals surface area (Å²) in [6.45, 7) is 7.37. The van der Waals surface area contributed by atoms with Crippen LogP contribution in [0.1, 0.15) is 44.9 Å². The largest absolute Gasteiger partial charge is 0.381 e. The van der Waals surface area contributed by atoms with Gasteiger partial charge in [0.1, 0.15) is 0 Å². The number of hydrogen-bond donors (Lipinski definition) is 2. The van der Waals surface area contributed by atoms with Gasteiger partial charge in [0.2, 0.25) is 0 Å². The van der Waals surface area contributed by atoms with Crippen molar-refractivity contribution in [3.8, 4) is 0 Å². The molecule has 0 spiro atoms. The van der Waals surface area contributed by atoms with Crippen molar-refractivity contribution in [1.29, 1.82) is 0 Å². The Morgan fingerprint density at radius 3 is 2.11 bits per heavy atom. The Hall–Kier alpha value is -0.890. The molecule has 7 heteroatoms. The summed E-state index contributed by atoms with van der Waals surface area (Å²) in [4.78, 5) is 9.55. The van der Waals surface area contributed by atoms with Crippen molar-refractivity contribution in [3.63, 3.8) is 0 Å². The Kier molecular flexibility index (Phi) is 7.97. The summed E-state index contributed by atoms with van der Waals surface area (Å²) in [5, 5.41) is 7.30. The summed E-state index contributed by atoms with van der Waals surface area (Å²) < 4.78 is 11.2. The molecule has 28 heavy (non-hydrogen) atoms. The van der Waals surface area contributed by atoms with Crippen LogP contribution in [0.2, 0.25) is 0 Å². The number of morpholine rings is 1. The number of aliphatic imine (C=N–C) groups is 1. The molecule has 3 fully saturated rings. The molecule has 0 amide bonds. The smallest absolute Gasteiger partial charge is 0.191 e. The normalized spacial score (nSPS) is 26.2. The maximum absolute atomic E-state index is 5.61. The van der Waals surface area contributed by atoms with Crippen LogP contribution in [0, 0.1) is 0 Å². The third-order valence-electron chi connectivity index (χ3n) is 7.23. The lowest BCUT2D eigenvalue weighted by Gasteiger charge is -2.48. The van der Waals surface area contributed by atoms with Crippen molar-refractivity contribution in [2.75, 3.05) is 73.7 Å². The zero-order chi connectivity index (χ0) is 19.9. The highest BCUT2D eigenvalue weighted by atomic mass is 16.5. The van der Waals surface area contributed by atoms with Gasteiger partial charge in [0.15, 0.2) is 5.96 Å². The summed E-state index contributed by atoms with van der Waals surface area (Å²) >= 11 is 0. The van der Waals surface area contributed by atoms with Gasteiger partial charge in [0.25, 0.3) is 0 Å². The van der Waals surface area contributed by atoms with Crippen LogP contribution in [-0.4, -0.2) is 101 Å². The van der Waals surface area contributed by atoms with Crippen molar-refractivity contribution in [2.45, 2.75) is 56.0 Å². The second-order valence-corrected chi connectivity index (χ2v) is 8.89. The van der Waals surface area contributed by atoms with E-state index in [1.165, 1.54) is 32.1 Å². The minimum atomic E-state index is 0.141. The summed E-state index contributed by atoms with van der Waals surface area (Å²) in [6.07, 6.45) is 8.69. The molecule has 3 aliphatic rings. The topological polar surface area (TPSA) is 61.4 Å². The van der Waals surface area contributed by atoms with Gasteiger partial charge >= 0.3 is 0 Å². The van der Waals surface area contributed by atoms with Gasteiger partial charge in [0.05, 0.1) is 13.2 Å². The van der Waals surface area contributed by atoms with Crippen molar-refractivity contribution < 1.29 is 9.47 Å². The van der Waals surface area contributed by atoms with Crippen LogP contribution in [0.25, 0.3) is 0 Å². The number of hydrogen-bond acceptors (Lipinski definition) is 5. The second kappa shape index (κ2) is 10.2.